The third-order valence-corrected chi connectivity index (χ3v) is 4.69. The maximum atomic E-state index is 12.3. The lowest BCUT2D eigenvalue weighted by atomic mass is 10.1. The van der Waals surface area contributed by atoms with E-state index < -0.39 is 9.84 Å². The summed E-state index contributed by atoms with van der Waals surface area (Å²) >= 11 is 0. The molecule has 0 saturated heterocycles. The highest BCUT2D eigenvalue weighted by Gasteiger charge is 2.16. The van der Waals surface area contributed by atoms with E-state index in [1.165, 1.54) is 0 Å². The average Bonchev–Trinajstić information content (AvgIpc) is 2.48. The summed E-state index contributed by atoms with van der Waals surface area (Å²) < 4.78 is 24.6. The lowest BCUT2D eigenvalue weighted by Gasteiger charge is -2.04. The van der Waals surface area contributed by atoms with Crippen molar-refractivity contribution in [2.45, 2.75) is 11.8 Å². The number of nitrogens with zero attached hydrogens (tertiary/aromatic N) is 1. The molecule has 0 saturated carbocycles. The van der Waals surface area contributed by atoms with Gasteiger partial charge in [-0.25, -0.2) is 8.42 Å². The first kappa shape index (κ1) is 15.0. The smallest absolute Gasteiger partial charge is 0.183 e. The lowest BCUT2D eigenvalue weighted by Crippen LogP contribution is -2.08. The van der Waals surface area contributed by atoms with Crippen LogP contribution in [-0.4, -0.2) is 14.2 Å². The van der Waals surface area contributed by atoms with Gasteiger partial charge in [0, 0.05) is 5.57 Å². The fourth-order valence-electron chi connectivity index (χ4n) is 1.89. The van der Waals surface area contributed by atoms with Crippen molar-refractivity contribution in [1.82, 2.24) is 0 Å². The summed E-state index contributed by atoms with van der Waals surface area (Å²) in [5, 5.41) is 9.16. The molecule has 0 spiro atoms. The molecule has 4 heteroatoms. The van der Waals surface area contributed by atoms with Crippen LogP contribution in [0.3, 0.4) is 0 Å². The van der Waals surface area contributed by atoms with Crippen LogP contribution in [0.15, 0.2) is 65.1 Å². The van der Waals surface area contributed by atoms with Gasteiger partial charge in [-0.2, -0.15) is 5.26 Å². The second-order valence-corrected chi connectivity index (χ2v) is 6.75. The second-order valence-electron chi connectivity index (χ2n) is 4.76. The summed E-state index contributed by atoms with van der Waals surface area (Å²) in [6.07, 6.45) is 1.60. The van der Waals surface area contributed by atoms with Crippen molar-refractivity contribution in [1.29, 1.82) is 5.26 Å². The van der Waals surface area contributed by atoms with E-state index in [2.05, 4.69) is 0 Å². The first-order valence-electron chi connectivity index (χ1n) is 6.46. The SMILES string of the molecule is Cc1ccc(S(=O)(=O)C/C(C#N)=C\c2ccccc2)cc1. The molecule has 0 bridgehead atoms. The summed E-state index contributed by atoms with van der Waals surface area (Å²) in [5.41, 5.74) is 2.03. The summed E-state index contributed by atoms with van der Waals surface area (Å²) in [7, 11) is -3.50. The van der Waals surface area contributed by atoms with Crippen molar-refractivity contribution in [3.63, 3.8) is 0 Å². The highest BCUT2D eigenvalue weighted by atomic mass is 32.2. The Hall–Kier alpha value is -2.38. The van der Waals surface area contributed by atoms with Crippen LogP contribution < -0.4 is 0 Å². The molecule has 21 heavy (non-hydrogen) atoms. The maximum Gasteiger partial charge on any atom is 0.183 e. The Morgan fingerprint density at radius 1 is 1.10 bits per heavy atom. The molecule has 0 aliphatic carbocycles. The van der Waals surface area contributed by atoms with Gasteiger partial charge in [0.1, 0.15) is 0 Å². The zero-order valence-electron chi connectivity index (χ0n) is 11.7. The molecule has 0 aromatic heterocycles. The molecule has 0 fully saturated rings. The van der Waals surface area contributed by atoms with Crippen LogP contribution in [0.4, 0.5) is 0 Å². The summed E-state index contributed by atoms with van der Waals surface area (Å²) in [6.45, 7) is 1.90. The summed E-state index contributed by atoms with van der Waals surface area (Å²) in [6, 6.07) is 17.8. The Morgan fingerprint density at radius 3 is 2.29 bits per heavy atom. The van der Waals surface area contributed by atoms with Gasteiger partial charge in [0.15, 0.2) is 9.84 Å². The molecule has 0 unspecified atom stereocenters. The van der Waals surface area contributed by atoms with E-state index in [0.717, 1.165) is 11.1 Å². The third kappa shape index (κ3) is 4.04. The van der Waals surface area contributed by atoms with Crippen LogP contribution in [0.1, 0.15) is 11.1 Å². The number of nitriles is 1. The Bertz CT molecular complexity index is 783. The first-order valence-corrected chi connectivity index (χ1v) is 8.11. The van der Waals surface area contributed by atoms with E-state index in [1.54, 1.807) is 30.3 Å². The van der Waals surface area contributed by atoms with Crippen LogP contribution in [0, 0.1) is 18.3 Å². The van der Waals surface area contributed by atoms with E-state index in [9.17, 15) is 8.42 Å². The molecule has 2 aromatic carbocycles. The van der Waals surface area contributed by atoms with E-state index >= 15 is 0 Å². The number of hydrogen-bond acceptors (Lipinski definition) is 3. The predicted octanol–water partition coefficient (Wildman–Crippen LogP) is 3.38. The molecule has 2 rings (SSSR count). The molecule has 2 aromatic rings. The minimum absolute atomic E-state index is 0.224. The lowest BCUT2D eigenvalue weighted by molar-refractivity contribution is 0.598. The van der Waals surface area contributed by atoms with Gasteiger partial charge in [-0.3, -0.25) is 0 Å². The van der Waals surface area contributed by atoms with Crippen LogP contribution in [0.25, 0.3) is 6.08 Å². The minimum Gasteiger partial charge on any atom is -0.223 e. The van der Waals surface area contributed by atoms with Gasteiger partial charge in [0.25, 0.3) is 0 Å². The monoisotopic (exact) mass is 297 g/mol. The molecule has 0 aliphatic rings. The number of sulfone groups is 1. The summed E-state index contributed by atoms with van der Waals surface area (Å²) in [5.74, 6) is -0.290. The zero-order valence-corrected chi connectivity index (χ0v) is 12.5. The van der Waals surface area contributed by atoms with Crippen molar-refractivity contribution >= 4 is 15.9 Å². The van der Waals surface area contributed by atoms with E-state index in [0.29, 0.717) is 0 Å². The first-order chi connectivity index (χ1) is 10.0. The highest BCUT2D eigenvalue weighted by Crippen LogP contribution is 2.16. The van der Waals surface area contributed by atoms with Gasteiger partial charge >= 0.3 is 0 Å². The molecule has 106 valence electrons. The highest BCUT2D eigenvalue weighted by molar-refractivity contribution is 7.91. The summed E-state index contributed by atoms with van der Waals surface area (Å²) in [4.78, 5) is 0.238. The number of rotatable bonds is 4. The number of aryl methyl sites for hydroxylation is 1. The molecule has 0 N–H and O–H groups in total. The van der Waals surface area contributed by atoms with E-state index in [1.807, 2.05) is 43.3 Å². The molecular weight excluding hydrogens is 282 g/mol. The number of benzene rings is 2. The van der Waals surface area contributed by atoms with Crippen LogP contribution in [-0.2, 0) is 9.84 Å². The second kappa shape index (κ2) is 6.38. The normalized spacial score (nSPS) is 11.9. The molecule has 0 aliphatic heterocycles. The standard InChI is InChI=1S/C17H15NO2S/c1-14-7-9-17(10-8-14)21(19,20)13-16(12-18)11-15-5-3-2-4-6-15/h2-11H,13H2,1H3/b16-11-. The fraction of sp³-hybridized carbons (Fsp3) is 0.118. The molecule has 0 radical (unpaired) electrons. The van der Waals surface area contributed by atoms with Gasteiger partial charge in [-0.15, -0.1) is 0 Å². The Balaban J connectivity index is 2.28. The molecule has 3 nitrogen and oxygen atoms in total. The topological polar surface area (TPSA) is 57.9 Å². The van der Waals surface area contributed by atoms with Crippen LogP contribution in [0.5, 0.6) is 0 Å². The quantitative estimate of drug-likeness (QED) is 0.813. The zero-order chi connectivity index (χ0) is 15.3. The Kier molecular flexibility index (Phi) is 4.56. The van der Waals surface area contributed by atoms with Crippen molar-refractivity contribution in [2.75, 3.05) is 5.75 Å². The largest absolute Gasteiger partial charge is 0.223 e. The van der Waals surface area contributed by atoms with Crippen molar-refractivity contribution < 1.29 is 8.42 Å². The Labute approximate surface area is 125 Å². The maximum absolute atomic E-state index is 12.3. The van der Waals surface area contributed by atoms with Crippen LogP contribution >= 0.6 is 0 Å². The Morgan fingerprint density at radius 2 is 1.71 bits per heavy atom. The average molecular weight is 297 g/mol. The van der Waals surface area contributed by atoms with E-state index in [4.69, 9.17) is 5.26 Å². The molecule has 0 heterocycles. The minimum atomic E-state index is -3.50. The van der Waals surface area contributed by atoms with Gasteiger partial charge < -0.3 is 0 Å². The van der Waals surface area contributed by atoms with Gasteiger partial charge in [-0.1, -0.05) is 48.0 Å². The predicted molar refractivity (Wildman–Crippen MR) is 83.3 cm³/mol. The molecular formula is C17H15NO2S. The van der Waals surface area contributed by atoms with Gasteiger partial charge in [0.05, 0.1) is 16.7 Å². The van der Waals surface area contributed by atoms with Crippen molar-refractivity contribution in [3.05, 3.63) is 71.3 Å². The van der Waals surface area contributed by atoms with Crippen LogP contribution in [0.2, 0.25) is 0 Å². The van der Waals surface area contributed by atoms with Gasteiger partial charge in [-0.05, 0) is 30.7 Å². The van der Waals surface area contributed by atoms with Crippen molar-refractivity contribution in [2.24, 2.45) is 0 Å². The molecule has 0 amide bonds. The third-order valence-electron chi connectivity index (χ3n) is 3.01. The van der Waals surface area contributed by atoms with E-state index in [-0.39, 0.29) is 16.2 Å². The number of hydrogen-bond donors (Lipinski definition) is 0. The van der Waals surface area contributed by atoms with Gasteiger partial charge in [0.2, 0.25) is 0 Å². The molecule has 0 atom stereocenters. The fourth-order valence-corrected chi connectivity index (χ4v) is 3.17. The van der Waals surface area contributed by atoms with Crippen molar-refractivity contribution in [3.8, 4) is 6.07 Å².